The van der Waals surface area contributed by atoms with Gasteiger partial charge >= 0.3 is 0 Å². The number of hydrogen-bond acceptors (Lipinski definition) is 3. The lowest BCUT2D eigenvalue weighted by Crippen LogP contribution is -2.26. The van der Waals surface area contributed by atoms with E-state index in [-0.39, 0.29) is 6.10 Å². The molecule has 2 rings (SSSR count). The SMILES string of the molecule is Cc1cc([C@H](C)O)ccc1OC1CCOCC1. The molecule has 1 aromatic rings. The monoisotopic (exact) mass is 236 g/mol. The number of aliphatic hydroxyl groups excluding tert-OH is 1. The summed E-state index contributed by atoms with van der Waals surface area (Å²) in [6.45, 7) is 5.36. The number of hydrogen-bond donors (Lipinski definition) is 1. The molecule has 0 unspecified atom stereocenters. The zero-order valence-electron chi connectivity index (χ0n) is 10.5. The topological polar surface area (TPSA) is 38.7 Å². The molecule has 0 amide bonds. The molecular formula is C14H20O3. The third-order valence-corrected chi connectivity index (χ3v) is 3.14. The van der Waals surface area contributed by atoms with Crippen LogP contribution in [0.3, 0.4) is 0 Å². The molecule has 0 bridgehead atoms. The highest BCUT2D eigenvalue weighted by Crippen LogP contribution is 2.25. The highest BCUT2D eigenvalue weighted by molar-refractivity contribution is 5.37. The standard InChI is InChI=1S/C14H20O3/c1-10-9-12(11(2)15)3-4-14(10)17-13-5-7-16-8-6-13/h3-4,9,11,13,15H,5-8H2,1-2H3/t11-/m0/s1. The molecule has 0 radical (unpaired) electrons. The van der Waals surface area contributed by atoms with Gasteiger partial charge in [-0.05, 0) is 37.1 Å². The van der Waals surface area contributed by atoms with Gasteiger partial charge in [0.1, 0.15) is 11.9 Å². The third-order valence-electron chi connectivity index (χ3n) is 3.14. The normalized spacial score (nSPS) is 19.0. The van der Waals surface area contributed by atoms with Crippen molar-refractivity contribution in [1.29, 1.82) is 0 Å². The summed E-state index contributed by atoms with van der Waals surface area (Å²) in [5, 5.41) is 9.50. The Bertz CT molecular complexity index is 368. The minimum atomic E-state index is -0.425. The first kappa shape index (κ1) is 12.4. The van der Waals surface area contributed by atoms with Gasteiger partial charge in [-0.25, -0.2) is 0 Å². The van der Waals surface area contributed by atoms with Crippen LogP contribution >= 0.6 is 0 Å². The second-order valence-electron chi connectivity index (χ2n) is 4.63. The molecule has 1 atom stereocenters. The van der Waals surface area contributed by atoms with E-state index in [0.29, 0.717) is 0 Å². The van der Waals surface area contributed by atoms with E-state index in [2.05, 4.69) is 0 Å². The van der Waals surface area contributed by atoms with Crippen LogP contribution in [0, 0.1) is 6.92 Å². The van der Waals surface area contributed by atoms with Gasteiger partial charge < -0.3 is 14.6 Å². The molecule has 1 heterocycles. The van der Waals surface area contributed by atoms with Crippen molar-refractivity contribution in [3.05, 3.63) is 29.3 Å². The quantitative estimate of drug-likeness (QED) is 0.876. The van der Waals surface area contributed by atoms with Crippen molar-refractivity contribution in [3.63, 3.8) is 0 Å². The summed E-state index contributed by atoms with van der Waals surface area (Å²) >= 11 is 0. The first-order valence-corrected chi connectivity index (χ1v) is 6.20. The minimum Gasteiger partial charge on any atom is -0.490 e. The Morgan fingerprint density at radius 2 is 2.06 bits per heavy atom. The Labute approximate surface area is 102 Å². The van der Waals surface area contributed by atoms with Crippen LogP contribution in [0.4, 0.5) is 0 Å². The van der Waals surface area contributed by atoms with Crippen LogP contribution in [-0.4, -0.2) is 24.4 Å². The summed E-state index contributed by atoms with van der Waals surface area (Å²) in [4.78, 5) is 0. The molecule has 0 saturated carbocycles. The molecule has 1 fully saturated rings. The van der Waals surface area contributed by atoms with Gasteiger partial charge in [-0.1, -0.05) is 6.07 Å². The van der Waals surface area contributed by atoms with Crippen LogP contribution in [0.25, 0.3) is 0 Å². The molecule has 0 aromatic heterocycles. The van der Waals surface area contributed by atoms with Crippen molar-refractivity contribution >= 4 is 0 Å². The number of aliphatic hydroxyl groups is 1. The molecule has 1 N–H and O–H groups in total. The van der Waals surface area contributed by atoms with Crippen molar-refractivity contribution in [1.82, 2.24) is 0 Å². The summed E-state index contributed by atoms with van der Waals surface area (Å²) in [7, 11) is 0. The minimum absolute atomic E-state index is 0.264. The largest absolute Gasteiger partial charge is 0.490 e. The van der Waals surface area contributed by atoms with Crippen molar-refractivity contribution in [3.8, 4) is 5.75 Å². The average Bonchev–Trinajstić information content (AvgIpc) is 2.33. The fraction of sp³-hybridized carbons (Fsp3) is 0.571. The summed E-state index contributed by atoms with van der Waals surface area (Å²) < 4.78 is 11.3. The summed E-state index contributed by atoms with van der Waals surface area (Å²) in [6, 6.07) is 5.86. The van der Waals surface area contributed by atoms with Crippen molar-refractivity contribution in [2.45, 2.75) is 38.9 Å². The predicted octanol–water partition coefficient (Wildman–Crippen LogP) is 2.61. The fourth-order valence-corrected chi connectivity index (χ4v) is 2.04. The molecule has 1 aliphatic heterocycles. The van der Waals surface area contributed by atoms with Gasteiger partial charge in [0.2, 0.25) is 0 Å². The molecular weight excluding hydrogens is 216 g/mol. The van der Waals surface area contributed by atoms with Gasteiger partial charge in [-0.3, -0.25) is 0 Å². The summed E-state index contributed by atoms with van der Waals surface area (Å²) in [5.74, 6) is 0.918. The Kier molecular flexibility index (Phi) is 4.02. The number of benzene rings is 1. The average molecular weight is 236 g/mol. The van der Waals surface area contributed by atoms with Gasteiger partial charge in [0, 0.05) is 12.8 Å². The van der Waals surface area contributed by atoms with E-state index < -0.39 is 6.10 Å². The zero-order valence-corrected chi connectivity index (χ0v) is 10.5. The maximum Gasteiger partial charge on any atom is 0.122 e. The van der Waals surface area contributed by atoms with E-state index in [4.69, 9.17) is 9.47 Å². The van der Waals surface area contributed by atoms with Crippen LogP contribution in [0.5, 0.6) is 5.75 Å². The summed E-state index contributed by atoms with van der Waals surface area (Å²) in [6.07, 6.45) is 1.75. The Morgan fingerprint density at radius 3 is 2.65 bits per heavy atom. The number of ether oxygens (including phenoxy) is 2. The predicted molar refractivity (Wildman–Crippen MR) is 66.3 cm³/mol. The fourth-order valence-electron chi connectivity index (χ4n) is 2.04. The first-order chi connectivity index (χ1) is 8.16. The van der Waals surface area contributed by atoms with Crippen LogP contribution in [0.15, 0.2) is 18.2 Å². The first-order valence-electron chi connectivity index (χ1n) is 6.20. The maximum atomic E-state index is 9.50. The lowest BCUT2D eigenvalue weighted by atomic mass is 10.1. The third kappa shape index (κ3) is 3.20. The van der Waals surface area contributed by atoms with E-state index in [0.717, 1.165) is 42.9 Å². The van der Waals surface area contributed by atoms with Crippen LogP contribution in [0.2, 0.25) is 0 Å². The summed E-state index contributed by atoms with van der Waals surface area (Å²) in [5.41, 5.74) is 2.01. The highest BCUT2D eigenvalue weighted by atomic mass is 16.5. The Morgan fingerprint density at radius 1 is 1.35 bits per heavy atom. The zero-order chi connectivity index (χ0) is 12.3. The van der Waals surface area contributed by atoms with E-state index >= 15 is 0 Å². The number of rotatable bonds is 3. The van der Waals surface area contributed by atoms with Gasteiger partial charge in [-0.2, -0.15) is 0 Å². The Balaban J connectivity index is 2.05. The molecule has 0 aliphatic carbocycles. The van der Waals surface area contributed by atoms with Gasteiger partial charge in [0.15, 0.2) is 0 Å². The molecule has 3 nitrogen and oxygen atoms in total. The molecule has 3 heteroatoms. The Hall–Kier alpha value is -1.06. The van der Waals surface area contributed by atoms with Crippen LogP contribution < -0.4 is 4.74 Å². The molecule has 17 heavy (non-hydrogen) atoms. The maximum absolute atomic E-state index is 9.50. The van der Waals surface area contributed by atoms with Gasteiger partial charge in [0.05, 0.1) is 19.3 Å². The van der Waals surface area contributed by atoms with Crippen LogP contribution in [0.1, 0.15) is 37.0 Å². The second kappa shape index (κ2) is 5.52. The van der Waals surface area contributed by atoms with E-state index in [1.165, 1.54) is 0 Å². The van der Waals surface area contributed by atoms with Gasteiger partial charge in [0.25, 0.3) is 0 Å². The molecule has 94 valence electrons. The van der Waals surface area contributed by atoms with Crippen molar-refractivity contribution in [2.24, 2.45) is 0 Å². The highest BCUT2D eigenvalue weighted by Gasteiger charge is 2.16. The van der Waals surface area contributed by atoms with Crippen LogP contribution in [-0.2, 0) is 4.74 Å². The second-order valence-corrected chi connectivity index (χ2v) is 4.63. The molecule has 1 aliphatic rings. The van der Waals surface area contributed by atoms with Crippen molar-refractivity contribution in [2.75, 3.05) is 13.2 Å². The lowest BCUT2D eigenvalue weighted by Gasteiger charge is -2.24. The number of aryl methyl sites for hydroxylation is 1. The van der Waals surface area contributed by atoms with Gasteiger partial charge in [-0.15, -0.1) is 0 Å². The smallest absolute Gasteiger partial charge is 0.122 e. The van der Waals surface area contributed by atoms with E-state index in [1.807, 2.05) is 25.1 Å². The van der Waals surface area contributed by atoms with E-state index in [1.54, 1.807) is 6.92 Å². The lowest BCUT2D eigenvalue weighted by molar-refractivity contribution is 0.0253. The molecule has 1 saturated heterocycles. The molecule has 0 spiro atoms. The van der Waals surface area contributed by atoms with Crippen molar-refractivity contribution < 1.29 is 14.6 Å². The molecule has 1 aromatic carbocycles. The van der Waals surface area contributed by atoms with E-state index in [9.17, 15) is 5.11 Å².